The van der Waals surface area contributed by atoms with Gasteiger partial charge in [-0.05, 0) is 115 Å². The third kappa shape index (κ3) is 7.68. The Morgan fingerprint density at radius 2 is 1.73 bits per heavy atom. The summed E-state index contributed by atoms with van der Waals surface area (Å²) >= 11 is 12.9. The van der Waals surface area contributed by atoms with Crippen LogP contribution in [0.4, 0.5) is 15.8 Å². The Bertz CT molecular complexity index is 2650. The van der Waals surface area contributed by atoms with E-state index in [9.17, 15) is 19.2 Å². The van der Waals surface area contributed by atoms with Gasteiger partial charge in [0.2, 0.25) is 17.7 Å². The fourth-order valence-corrected chi connectivity index (χ4v) is 11.2. The molecule has 4 amide bonds. The van der Waals surface area contributed by atoms with Crippen LogP contribution < -0.4 is 26.6 Å². The molecule has 3 fully saturated rings. The zero-order valence-corrected chi connectivity index (χ0v) is 37.4. The molecule has 1 unspecified atom stereocenters. The normalized spacial score (nSPS) is 24.0. The molecule has 9 rings (SSSR count). The van der Waals surface area contributed by atoms with E-state index >= 15 is 4.39 Å². The summed E-state index contributed by atoms with van der Waals surface area (Å²) in [5.41, 5.74) is 3.85. The molecule has 5 N–H and O–H groups in total. The maximum absolute atomic E-state index is 16.4. The van der Waals surface area contributed by atoms with Crippen molar-refractivity contribution in [2.45, 2.75) is 107 Å². The highest BCUT2D eigenvalue weighted by Gasteiger charge is 2.73. The van der Waals surface area contributed by atoms with Crippen molar-refractivity contribution in [1.29, 1.82) is 0 Å². The van der Waals surface area contributed by atoms with Crippen LogP contribution in [-0.2, 0) is 32.9 Å². The molecule has 1 aliphatic carbocycles. The molecule has 10 nitrogen and oxygen atoms in total. The first-order valence-electron chi connectivity index (χ1n) is 22.1. The number of halogens is 3. The van der Waals surface area contributed by atoms with Crippen molar-refractivity contribution in [3.63, 3.8) is 0 Å². The predicted molar refractivity (Wildman–Crippen MR) is 247 cm³/mol. The molecule has 2 spiro atoms. The van der Waals surface area contributed by atoms with Gasteiger partial charge in [-0.15, -0.1) is 0 Å². The minimum atomic E-state index is -1.34. The standard InChI is InChI=1S/C51H51Cl2FN6O4/c1-30-41(20-21-42(61)56-30)60-29-37-32(10-7-11-35(37)47(60)63)9-5-4-6-26-55-28-31-14-17-34(18-15-31)57-46(62)45-43(36-12-8-13-39(53)44(36)54)51(50(59-45)24-22-49(2,3)23-25-50)38-19-16-33(52)27-40(38)58-48(51)64/h7-8,10-19,27,41,43,45,55,59H,1,4,6,20-26,28-29H2,2-3H3,(H,56,61)(H,57,62)(H,58,64)/t41?,43-,45+,51+/m0/s1. The highest BCUT2D eigenvalue weighted by Crippen LogP contribution is 2.64. The summed E-state index contributed by atoms with van der Waals surface area (Å²) < 4.78 is 16.4. The molecule has 64 heavy (non-hydrogen) atoms. The highest BCUT2D eigenvalue weighted by molar-refractivity contribution is 6.31. The van der Waals surface area contributed by atoms with Crippen LogP contribution in [0, 0.1) is 23.1 Å². The lowest BCUT2D eigenvalue weighted by Gasteiger charge is -2.50. The Morgan fingerprint density at radius 3 is 2.50 bits per heavy atom. The molecule has 2 saturated heterocycles. The third-order valence-corrected chi connectivity index (χ3v) is 14.7. The van der Waals surface area contributed by atoms with Crippen molar-refractivity contribution in [2.75, 3.05) is 17.2 Å². The topological polar surface area (TPSA) is 132 Å². The summed E-state index contributed by atoms with van der Waals surface area (Å²) in [6, 6.07) is 22.1. The average molecular weight is 902 g/mol. The van der Waals surface area contributed by atoms with Gasteiger partial charge in [-0.1, -0.05) is 91.9 Å². The molecule has 0 aromatic heterocycles. The number of anilines is 2. The molecule has 4 aliphatic heterocycles. The number of carbonyl (C=O) groups excluding carboxylic acids is 4. The Hall–Kier alpha value is -5.51. The minimum Gasteiger partial charge on any atom is -0.328 e. The number of nitrogens with zero attached hydrogens (tertiary/aromatic N) is 1. The molecule has 0 radical (unpaired) electrons. The summed E-state index contributed by atoms with van der Waals surface area (Å²) in [5, 5.41) is 16.5. The van der Waals surface area contributed by atoms with E-state index in [1.54, 1.807) is 29.2 Å². The zero-order chi connectivity index (χ0) is 45.0. The van der Waals surface area contributed by atoms with Crippen LogP contribution in [0.2, 0.25) is 10.0 Å². The lowest BCUT2D eigenvalue weighted by molar-refractivity contribution is -0.124. The van der Waals surface area contributed by atoms with Gasteiger partial charge in [-0.2, -0.15) is 0 Å². The minimum absolute atomic E-state index is 0.0266. The Balaban J connectivity index is 0.857. The van der Waals surface area contributed by atoms with Crippen LogP contribution in [0.1, 0.15) is 109 Å². The number of fused-ring (bicyclic) bond motifs is 4. The first kappa shape index (κ1) is 43.7. The summed E-state index contributed by atoms with van der Waals surface area (Å²) in [4.78, 5) is 56.3. The van der Waals surface area contributed by atoms with E-state index in [0.29, 0.717) is 78.4 Å². The number of carbonyl (C=O) groups is 4. The van der Waals surface area contributed by atoms with Gasteiger partial charge in [0, 0.05) is 70.6 Å². The van der Waals surface area contributed by atoms with Crippen LogP contribution in [0.25, 0.3) is 0 Å². The second-order valence-corrected chi connectivity index (χ2v) is 19.4. The van der Waals surface area contributed by atoms with Gasteiger partial charge in [-0.25, -0.2) is 4.39 Å². The van der Waals surface area contributed by atoms with Crippen molar-refractivity contribution in [3.05, 3.63) is 140 Å². The van der Waals surface area contributed by atoms with Crippen molar-refractivity contribution in [3.8, 4) is 11.8 Å². The Morgan fingerprint density at radius 1 is 0.969 bits per heavy atom. The molecular formula is C51H51Cl2FN6O4. The van der Waals surface area contributed by atoms with E-state index in [2.05, 4.69) is 58.9 Å². The van der Waals surface area contributed by atoms with E-state index in [0.717, 1.165) is 42.5 Å². The van der Waals surface area contributed by atoms with Crippen molar-refractivity contribution < 1.29 is 23.6 Å². The SMILES string of the molecule is C=C1NC(=O)CCC1N1Cc2c(C#CCCCNCc3ccc(NC(=O)[C@@H]4NC5(CCC(C)(C)CC5)[C@@]5(C(=O)Nc6cc(Cl)ccc65)[C@H]4c4cccc(Cl)c4F)cc3)cccc2C1=O. The summed E-state index contributed by atoms with van der Waals surface area (Å²) in [6.45, 7) is 10.2. The van der Waals surface area contributed by atoms with Crippen molar-refractivity contribution >= 4 is 58.2 Å². The average Bonchev–Trinajstić information content (AvgIpc) is 3.87. The van der Waals surface area contributed by atoms with Crippen LogP contribution in [-0.4, -0.2) is 52.7 Å². The van der Waals surface area contributed by atoms with Crippen LogP contribution >= 0.6 is 23.2 Å². The number of rotatable bonds is 9. The van der Waals surface area contributed by atoms with Crippen LogP contribution in [0.3, 0.4) is 0 Å². The fourth-order valence-electron chi connectivity index (χ4n) is 10.9. The van der Waals surface area contributed by atoms with Gasteiger partial charge in [0.25, 0.3) is 5.91 Å². The predicted octanol–water partition coefficient (Wildman–Crippen LogP) is 8.73. The second kappa shape index (κ2) is 17.1. The first-order valence-corrected chi connectivity index (χ1v) is 22.8. The number of hydrogen-bond donors (Lipinski definition) is 5. The van der Waals surface area contributed by atoms with Gasteiger partial charge in [0.15, 0.2) is 0 Å². The number of piperidine rings is 1. The quantitative estimate of drug-likeness (QED) is 0.0844. The lowest BCUT2D eigenvalue weighted by Crippen LogP contribution is -2.61. The van der Waals surface area contributed by atoms with Gasteiger partial charge in [0.05, 0.1) is 17.1 Å². The number of benzene rings is 4. The first-order chi connectivity index (χ1) is 30.7. The van der Waals surface area contributed by atoms with E-state index in [-0.39, 0.29) is 45.7 Å². The molecule has 0 bridgehead atoms. The molecular weight excluding hydrogens is 851 g/mol. The second-order valence-electron chi connectivity index (χ2n) is 18.6. The van der Waals surface area contributed by atoms with E-state index in [1.807, 2.05) is 48.5 Å². The molecule has 5 aliphatic rings. The van der Waals surface area contributed by atoms with E-state index in [1.165, 1.54) is 6.07 Å². The highest BCUT2D eigenvalue weighted by atomic mass is 35.5. The van der Waals surface area contributed by atoms with Gasteiger partial charge in [-0.3, -0.25) is 24.5 Å². The molecule has 4 aromatic carbocycles. The van der Waals surface area contributed by atoms with Gasteiger partial charge < -0.3 is 26.2 Å². The Labute approximate surface area is 383 Å². The number of hydrogen-bond acceptors (Lipinski definition) is 6. The van der Waals surface area contributed by atoms with Gasteiger partial charge >= 0.3 is 0 Å². The van der Waals surface area contributed by atoms with Crippen molar-refractivity contribution in [1.82, 2.24) is 20.9 Å². The van der Waals surface area contributed by atoms with Crippen molar-refractivity contribution in [2.24, 2.45) is 5.41 Å². The molecule has 13 heteroatoms. The molecule has 4 atom stereocenters. The van der Waals surface area contributed by atoms with E-state index in [4.69, 9.17) is 23.2 Å². The van der Waals surface area contributed by atoms with Crippen LogP contribution in [0.5, 0.6) is 0 Å². The monoisotopic (exact) mass is 900 g/mol. The van der Waals surface area contributed by atoms with E-state index < -0.39 is 28.7 Å². The van der Waals surface area contributed by atoms with Gasteiger partial charge in [0.1, 0.15) is 11.2 Å². The lowest BCUT2D eigenvalue weighted by atomic mass is 9.53. The largest absolute Gasteiger partial charge is 0.328 e. The Kier molecular flexibility index (Phi) is 11.7. The number of unbranched alkanes of at least 4 members (excludes halogenated alkanes) is 1. The number of amides is 4. The van der Waals surface area contributed by atoms with Crippen LogP contribution in [0.15, 0.2) is 91.1 Å². The molecule has 4 aromatic rings. The number of nitrogens with one attached hydrogen (secondary N) is 5. The molecule has 330 valence electrons. The summed E-state index contributed by atoms with van der Waals surface area (Å²) in [6.07, 6.45) is 5.22. The fraction of sp³-hybridized carbons (Fsp3) is 0.373. The molecule has 4 heterocycles. The zero-order valence-electron chi connectivity index (χ0n) is 35.9. The maximum Gasteiger partial charge on any atom is 0.255 e. The maximum atomic E-state index is 16.4. The third-order valence-electron chi connectivity index (χ3n) is 14.2. The summed E-state index contributed by atoms with van der Waals surface area (Å²) in [5.74, 6) is 4.18. The molecule has 1 saturated carbocycles. The smallest absolute Gasteiger partial charge is 0.255 e. The summed E-state index contributed by atoms with van der Waals surface area (Å²) in [7, 11) is 0.